The van der Waals surface area contributed by atoms with Crippen molar-refractivity contribution < 1.29 is 9.13 Å². The lowest BCUT2D eigenvalue weighted by molar-refractivity contribution is 0.235. The number of benzene rings is 2. The van der Waals surface area contributed by atoms with Gasteiger partial charge in [0, 0.05) is 10.7 Å². The molecule has 0 saturated heterocycles. The van der Waals surface area contributed by atoms with Crippen molar-refractivity contribution in [3.8, 4) is 5.75 Å². The van der Waals surface area contributed by atoms with Gasteiger partial charge in [-0.3, -0.25) is 0 Å². The van der Waals surface area contributed by atoms with E-state index in [0.29, 0.717) is 11.6 Å². The molecule has 0 aliphatic heterocycles. The monoisotopic (exact) mass is 313 g/mol. The Morgan fingerprint density at radius 2 is 1.85 bits per heavy atom. The first-order valence-electron chi connectivity index (χ1n) is 6.16. The molecule has 5 heteroatoms. The molecule has 1 N–H and O–H groups in total. The normalized spacial score (nSPS) is 12.0. The van der Waals surface area contributed by atoms with Gasteiger partial charge in [-0.2, -0.15) is 0 Å². The fourth-order valence-corrected chi connectivity index (χ4v) is 1.96. The van der Waals surface area contributed by atoms with Crippen LogP contribution in [0, 0.1) is 5.82 Å². The third-order valence-corrected chi connectivity index (χ3v) is 3.21. The molecule has 1 unspecified atom stereocenters. The summed E-state index contributed by atoms with van der Waals surface area (Å²) in [5.74, 6) is 0.323. The summed E-state index contributed by atoms with van der Waals surface area (Å²) < 4.78 is 18.7. The minimum atomic E-state index is -0.428. The van der Waals surface area contributed by atoms with E-state index in [-0.39, 0.29) is 11.1 Å². The molecule has 0 amide bonds. The minimum absolute atomic E-state index is 0.0556. The first kappa shape index (κ1) is 14.9. The summed E-state index contributed by atoms with van der Waals surface area (Å²) in [5.41, 5.74) is 0.753. The van der Waals surface area contributed by atoms with Gasteiger partial charge < -0.3 is 10.1 Å². The van der Waals surface area contributed by atoms with Gasteiger partial charge in [0.25, 0.3) is 0 Å². The molecule has 2 aromatic carbocycles. The Kier molecular flexibility index (Phi) is 5.10. The zero-order chi connectivity index (χ0) is 14.5. The molecule has 0 aliphatic carbocycles. The zero-order valence-corrected chi connectivity index (χ0v) is 12.4. The molecule has 2 aromatic rings. The molecule has 0 aliphatic rings. The van der Waals surface area contributed by atoms with Crippen LogP contribution < -0.4 is 10.1 Å². The predicted octanol–water partition coefficient (Wildman–Crippen LogP) is 5.01. The van der Waals surface area contributed by atoms with Crippen molar-refractivity contribution >= 4 is 28.9 Å². The Morgan fingerprint density at radius 1 is 1.15 bits per heavy atom. The van der Waals surface area contributed by atoms with Crippen LogP contribution in [0.15, 0.2) is 42.5 Å². The molecule has 0 aromatic heterocycles. The molecular formula is C15H14Cl2FNO. The number of halogens is 3. The van der Waals surface area contributed by atoms with Crippen molar-refractivity contribution in [3.05, 3.63) is 58.3 Å². The Balaban J connectivity index is 1.86. The summed E-state index contributed by atoms with van der Waals surface area (Å²) in [7, 11) is 0. The average molecular weight is 314 g/mol. The number of nitrogens with one attached hydrogen (secondary N) is 1. The van der Waals surface area contributed by atoms with Gasteiger partial charge in [-0.15, -0.1) is 0 Å². The molecule has 0 radical (unpaired) electrons. The molecular weight excluding hydrogens is 300 g/mol. The number of anilines is 1. The van der Waals surface area contributed by atoms with Gasteiger partial charge in [-0.1, -0.05) is 23.2 Å². The van der Waals surface area contributed by atoms with Crippen LogP contribution in [0.2, 0.25) is 10.0 Å². The summed E-state index contributed by atoms with van der Waals surface area (Å²) >= 11 is 11.5. The van der Waals surface area contributed by atoms with Crippen molar-refractivity contribution in [1.29, 1.82) is 0 Å². The van der Waals surface area contributed by atoms with Crippen LogP contribution in [-0.2, 0) is 0 Å². The van der Waals surface area contributed by atoms with Crippen LogP contribution in [0.5, 0.6) is 5.75 Å². The molecule has 0 bridgehead atoms. The third kappa shape index (κ3) is 4.29. The van der Waals surface area contributed by atoms with Gasteiger partial charge >= 0.3 is 0 Å². The number of hydrogen-bond acceptors (Lipinski definition) is 2. The van der Waals surface area contributed by atoms with Gasteiger partial charge in [0.1, 0.15) is 17.7 Å². The van der Waals surface area contributed by atoms with Crippen molar-refractivity contribution in [2.24, 2.45) is 0 Å². The molecule has 0 saturated carbocycles. The molecule has 0 fully saturated rings. The van der Waals surface area contributed by atoms with Crippen molar-refractivity contribution in [1.82, 2.24) is 0 Å². The number of ether oxygens (including phenoxy) is 1. The van der Waals surface area contributed by atoms with Gasteiger partial charge in [0.15, 0.2) is 0 Å². The lowest BCUT2D eigenvalue weighted by Gasteiger charge is -2.16. The topological polar surface area (TPSA) is 21.3 Å². The van der Waals surface area contributed by atoms with Crippen molar-refractivity contribution in [2.75, 3.05) is 11.9 Å². The Labute approximate surface area is 127 Å². The zero-order valence-electron chi connectivity index (χ0n) is 10.9. The van der Waals surface area contributed by atoms with Crippen molar-refractivity contribution in [3.63, 3.8) is 0 Å². The highest BCUT2D eigenvalue weighted by Gasteiger charge is 2.05. The highest BCUT2D eigenvalue weighted by Crippen LogP contribution is 2.20. The highest BCUT2D eigenvalue weighted by atomic mass is 35.5. The Bertz CT molecular complexity index is 575. The van der Waals surface area contributed by atoms with E-state index in [1.165, 1.54) is 6.07 Å². The lowest BCUT2D eigenvalue weighted by atomic mass is 10.3. The highest BCUT2D eigenvalue weighted by molar-refractivity contribution is 6.31. The maximum atomic E-state index is 13.0. The minimum Gasteiger partial charge on any atom is -0.489 e. The fraction of sp³-hybridized carbons (Fsp3) is 0.200. The van der Waals surface area contributed by atoms with E-state index in [9.17, 15) is 4.39 Å². The molecule has 2 rings (SSSR count). The summed E-state index contributed by atoms with van der Waals surface area (Å²) in [6.45, 7) is 2.51. The molecule has 0 heterocycles. The SMILES string of the molecule is CC(CNc1ccc(F)c(Cl)c1)Oc1ccc(Cl)cc1. The maximum Gasteiger partial charge on any atom is 0.141 e. The molecule has 0 spiro atoms. The van der Waals surface area contributed by atoms with Crippen molar-refractivity contribution in [2.45, 2.75) is 13.0 Å². The van der Waals surface area contributed by atoms with E-state index in [0.717, 1.165) is 11.4 Å². The summed E-state index contributed by atoms with van der Waals surface area (Å²) in [6.07, 6.45) is -0.0556. The van der Waals surface area contributed by atoms with Crippen LogP contribution >= 0.6 is 23.2 Å². The average Bonchev–Trinajstić information content (AvgIpc) is 2.43. The van der Waals surface area contributed by atoms with Crippen LogP contribution in [0.3, 0.4) is 0 Å². The second-order valence-corrected chi connectivity index (χ2v) is 5.24. The summed E-state index contributed by atoms with van der Waals surface area (Å²) in [6, 6.07) is 11.7. The number of hydrogen-bond donors (Lipinski definition) is 1. The van der Waals surface area contributed by atoms with E-state index < -0.39 is 5.82 Å². The van der Waals surface area contributed by atoms with Crippen LogP contribution in [0.25, 0.3) is 0 Å². The lowest BCUT2D eigenvalue weighted by Crippen LogP contribution is -2.22. The van der Waals surface area contributed by atoms with Crippen LogP contribution in [-0.4, -0.2) is 12.6 Å². The summed E-state index contributed by atoms with van der Waals surface area (Å²) in [4.78, 5) is 0. The molecule has 106 valence electrons. The third-order valence-electron chi connectivity index (χ3n) is 2.66. The second kappa shape index (κ2) is 6.82. The van der Waals surface area contributed by atoms with Gasteiger partial charge in [-0.05, 0) is 49.4 Å². The van der Waals surface area contributed by atoms with E-state index >= 15 is 0 Å². The summed E-state index contributed by atoms with van der Waals surface area (Å²) in [5, 5.41) is 3.91. The standard InChI is InChI=1S/C15H14Cl2FNO/c1-10(20-13-5-2-11(16)3-6-13)9-19-12-4-7-15(18)14(17)8-12/h2-8,10,19H,9H2,1H3. The Hall–Kier alpha value is -1.45. The maximum absolute atomic E-state index is 13.0. The smallest absolute Gasteiger partial charge is 0.141 e. The van der Waals surface area contributed by atoms with Crippen LogP contribution in [0.1, 0.15) is 6.92 Å². The van der Waals surface area contributed by atoms with E-state index in [1.807, 2.05) is 19.1 Å². The van der Waals surface area contributed by atoms with Gasteiger partial charge in [-0.25, -0.2) is 4.39 Å². The Morgan fingerprint density at radius 3 is 2.50 bits per heavy atom. The molecule has 20 heavy (non-hydrogen) atoms. The predicted molar refractivity (Wildman–Crippen MR) is 81.4 cm³/mol. The largest absolute Gasteiger partial charge is 0.489 e. The fourth-order valence-electron chi connectivity index (χ4n) is 1.65. The van der Waals surface area contributed by atoms with Gasteiger partial charge in [0.05, 0.1) is 11.6 Å². The molecule has 1 atom stereocenters. The van der Waals surface area contributed by atoms with E-state index in [1.54, 1.807) is 24.3 Å². The quantitative estimate of drug-likeness (QED) is 0.837. The van der Waals surface area contributed by atoms with E-state index in [2.05, 4.69) is 5.32 Å². The first-order chi connectivity index (χ1) is 9.54. The van der Waals surface area contributed by atoms with Gasteiger partial charge in [0.2, 0.25) is 0 Å². The van der Waals surface area contributed by atoms with Crippen LogP contribution in [0.4, 0.5) is 10.1 Å². The second-order valence-electron chi connectivity index (χ2n) is 4.39. The first-order valence-corrected chi connectivity index (χ1v) is 6.91. The number of rotatable bonds is 5. The van der Waals surface area contributed by atoms with E-state index in [4.69, 9.17) is 27.9 Å². The molecule has 2 nitrogen and oxygen atoms in total.